The molecule has 4 heteroatoms. The molecule has 0 spiro atoms. The van der Waals surface area contributed by atoms with Crippen molar-refractivity contribution >= 4 is 0 Å². The van der Waals surface area contributed by atoms with E-state index >= 15 is 0 Å². The summed E-state index contributed by atoms with van der Waals surface area (Å²) >= 11 is 0. The highest BCUT2D eigenvalue weighted by molar-refractivity contribution is 5.21. The number of hydrogen-bond acceptors (Lipinski definition) is 4. The monoisotopic (exact) mass is 223 g/mol. The van der Waals surface area contributed by atoms with Crippen molar-refractivity contribution < 1.29 is 4.74 Å². The van der Waals surface area contributed by atoms with E-state index in [9.17, 15) is 0 Å². The van der Waals surface area contributed by atoms with Crippen LogP contribution in [0.1, 0.15) is 38.4 Å². The molecule has 1 atom stereocenters. The quantitative estimate of drug-likeness (QED) is 0.803. The van der Waals surface area contributed by atoms with Crippen LogP contribution in [0.2, 0.25) is 0 Å². The van der Waals surface area contributed by atoms with Crippen LogP contribution in [0.4, 0.5) is 0 Å². The topological polar surface area (TPSA) is 47.0 Å². The summed E-state index contributed by atoms with van der Waals surface area (Å²) in [5.74, 6) is 1.17. The van der Waals surface area contributed by atoms with Crippen molar-refractivity contribution in [2.24, 2.45) is 5.92 Å². The molecular formula is C12H21N3O. The van der Waals surface area contributed by atoms with Gasteiger partial charge in [-0.3, -0.25) is 4.98 Å². The molecular weight excluding hydrogens is 202 g/mol. The minimum Gasteiger partial charge on any atom is -0.480 e. The molecule has 1 unspecified atom stereocenters. The Bertz CT molecular complexity index is 313. The van der Waals surface area contributed by atoms with E-state index in [4.69, 9.17) is 4.74 Å². The molecule has 4 nitrogen and oxygen atoms in total. The second-order valence-electron chi connectivity index (χ2n) is 3.79. The van der Waals surface area contributed by atoms with Crippen molar-refractivity contribution in [2.45, 2.75) is 32.7 Å². The van der Waals surface area contributed by atoms with Crippen LogP contribution >= 0.6 is 0 Å². The molecule has 90 valence electrons. The molecule has 0 saturated heterocycles. The van der Waals surface area contributed by atoms with Crippen LogP contribution in [-0.2, 0) is 0 Å². The second-order valence-corrected chi connectivity index (χ2v) is 3.79. The molecule has 0 aromatic carbocycles. The van der Waals surface area contributed by atoms with Gasteiger partial charge in [-0.1, -0.05) is 26.7 Å². The number of hydrogen-bond donors (Lipinski definition) is 1. The Morgan fingerprint density at radius 1 is 1.25 bits per heavy atom. The average Bonchev–Trinajstić information content (AvgIpc) is 2.35. The summed E-state index contributed by atoms with van der Waals surface area (Å²) in [6, 6.07) is 0.207. The predicted octanol–water partition coefficient (Wildman–Crippen LogP) is 2.18. The van der Waals surface area contributed by atoms with Gasteiger partial charge in [0.2, 0.25) is 5.88 Å². The number of methoxy groups -OCH3 is 1. The van der Waals surface area contributed by atoms with Crippen molar-refractivity contribution in [3.8, 4) is 5.88 Å². The molecule has 0 aliphatic heterocycles. The highest BCUT2D eigenvalue weighted by Crippen LogP contribution is 2.29. The van der Waals surface area contributed by atoms with Gasteiger partial charge >= 0.3 is 0 Å². The number of aromatic nitrogens is 2. The molecule has 16 heavy (non-hydrogen) atoms. The molecule has 0 amide bonds. The van der Waals surface area contributed by atoms with Gasteiger partial charge in [-0.25, -0.2) is 4.98 Å². The summed E-state index contributed by atoms with van der Waals surface area (Å²) < 4.78 is 5.25. The zero-order valence-electron chi connectivity index (χ0n) is 10.5. The molecule has 1 aromatic heterocycles. The minimum absolute atomic E-state index is 0.207. The molecule has 0 bridgehead atoms. The Morgan fingerprint density at radius 3 is 2.38 bits per heavy atom. The van der Waals surface area contributed by atoms with E-state index in [2.05, 4.69) is 29.1 Å². The predicted molar refractivity (Wildman–Crippen MR) is 64.5 cm³/mol. The van der Waals surface area contributed by atoms with Gasteiger partial charge in [0.25, 0.3) is 0 Å². The van der Waals surface area contributed by atoms with E-state index in [1.165, 1.54) is 0 Å². The lowest BCUT2D eigenvalue weighted by atomic mass is 9.92. The molecule has 0 fully saturated rings. The van der Waals surface area contributed by atoms with E-state index in [-0.39, 0.29) is 6.04 Å². The summed E-state index contributed by atoms with van der Waals surface area (Å²) in [5, 5.41) is 3.31. The Kier molecular flexibility index (Phi) is 5.19. The Hall–Kier alpha value is -1.16. The highest BCUT2D eigenvalue weighted by Gasteiger charge is 2.23. The number of rotatable bonds is 6. The smallest absolute Gasteiger partial charge is 0.237 e. The Morgan fingerprint density at radius 2 is 1.88 bits per heavy atom. The van der Waals surface area contributed by atoms with Gasteiger partial charge in [0.1, 0.15) is 5.69 Å². The van der Waals surface area contributed by atoms with E-state index in [1.54, 1.807) is 19.5 Å². The zero-order valence-corrected chi connectivity index (χ0v) is 10.5. The lowest BCUT2D eigenvalue weighted by molar-refractivity contribution is 0.326. The fraction of sp³-hybridized carbons (Fsp3) is 0.667. The van der Waals surface area contributed by atoms with E-state index in [1.807, 2.05) is 7.05 Å². The lowest BCUT2D eigenvalue weighted by Crippen LogP contribution is -2.26. The summed E-state index contributed by atoms with van der Waals surface area (Å²) in [5.41, 5.74) is 0.904. The van der Waals surface area contributed by atoms with Crippen molar-refractivity contribution in [2.75, 3.05) is 14.2 Å². The van der Waals surface area contributed by atoms with Gasteiger partial charge in [-0.05, 0) is 13.0 Å². The van der Waals surface area contributed by atoms with Crippen molar-refractivity contribution in [1.82, 2.24) is 15.3 Å². The average molecular weight is 223 g/mol. The van der Waals surface area contributed by atoms with Crippen LogP contribution in [0.25, 0.3) is 0 Å². The maximum absolute atomic E-state index is 5.25. The SMILES string of the molecule is CCC(CC)C(NC)c1nccnc1OC. The summed E-state index contributed by atoms with van der Waals surface area (Å²) in [6.07, 6.45) is 5.59. The molecule has 0 saturated carbocycles. The standard InChI is InChI=1S/C12H21N3O/c1-5-9(6-2)10(13-3)11-12(16-4)15-8-7-14-11/h7-10,13H,5-6H2,1-4H3. The van der Waals surface area contributed by atoms with E-state index in [0.29, 0.717) is 11.8 Å². The van der Waals surface area contributed by atoms with Crippen molar-refractivity contribution in [3.63, 3.8) is 0 Å². The first-order valence-corrected chi connectivity index (χ1v) is 5.80. The molecule has 1 heterocycles. The van der Waals surface area contributed by atoms with Crippen LogP contribution in [0, 0.1) is 5.92 Å². The third-order valence-corrected chi connectivity index (χ3v) is 3.01. The van der Waals surface area contributed by atoms with Gasteiger partial charge in [0.15, 0.2) is 0 Å². The fourth-order valence-corrected chi connectivity index (χ4v) is 2.06. The first-order valence-electron chi connectivity index (χ1n) is 5.80. The van der Waals surface area contributed by atoms with Gasteiger partial charge in [0.05, 0.1) is 13.2 Å². The summed E-state index contributed by atoms with van der Waals surface area (Å²) in [7, 11) is 3.59. The molecule has 0 aliphatic rings. The third-order valence-electron chi connectivity index (χ3n) is 3.01. The number of nitrogens with zero attached hydrogens (tertiary/aromatic N) is 2. The molecule has 1 aromatic rings. The maximum Gasteiger partial charge on any atom is 0.237 e. The summed E-state index contributed by atoms with van der Waals surface area (Å²) in [4.78, 5) is 8.58. The molecule has 1 N–H and O–H groups in total. The first kappa shape index (κ1) is 12.9. The molecule has 0 aliphatic carbocycles. The Labute approximate surface area is 97.5 Å². The number of nitrogens with one attached hydrogen (secondary N) is 1. The highest BCUT2D eigenvalue weighted by atomic mass is 16.5. The van der Waals surface area contributed by atoms with Gasteiger partial charge in [-0.2, -0.15) is 0 Å². The normalized spacial score (nSPS) is 12.8. The molecule has 0 radical (unpaired) electrons. The van der Waals surface area contributed by atoms with Crippen LogP contribution in [0.3, 0.4) is 0 Å². The van der Waals surface area contributed by atoms with Crippen LogP contribution in [0.15, 0.2) is 12.4 Å². The largest absolute Gasteiger partial charge is 0.480 e. The van der Waals surface area contributed by atoms with Gasteiger partial charge in [-0.15, -0.1) is 0 Å². The third kappa shape index (κ3) is 2.70. The minimum atomic E-state index is 0.207. The van der Waals surface area contributed by atoms with Crippen LogP contribution < -0.4 is 10.1 Å². The summed E-state index contributed by atoms with van der Waals surface area (Å²) in [6.45, 7) is 4.39. The van der Waals surface area contributed by atoms with E-state index in [0.717, 1.165) is 18.5 Å². The van der Waals surface area contributed by atoms with Crippen molar-refractivity contribution in [1.29, 1.82) is 0 Å². The fourth-order valence-electron chi connectivity index (χ4n) is 2.06. The number of ether oxygens (including phenoxy) is 1. The van der Waals surface area contributed by atoms with Crippen LogP contribution in [-0.4, -0.2) is 24.1 Å². The lowest BCUT2D eigenvalue weighted by Gasteiger charge is -2.24. The second kappa shape index (κ2) is 6.43. The molecule has 1 rings (SSSR count). The van der Waals surface area contributed by atoms with E-state index < -0.39 is 0 Å². The Balaban J connectivity index is 3.02. The van der Waals surface area contributed by atoms with Gasteiger partial charge in [0, 0.05) is 12.4 Å². The van der Waals surface area contributed by atoms with Gasteiger partial charge < -0.3 is 10.1 Å². The first-order chi connectivity index (χ1) is 7.78. The maximum atomic E-state index is 5.25. The van der Waals surface area contributed by atoms with Crippen LogP contribution in [0.5, 0.6) is 5.88 Å². The van der Waals surface area contributed by atoms with Crippen molar-refractivity contribution in [3.05, 3.63) is 18.1 Å². The zero-order chi connectivity index (χ0) is 12.0.